The fourth-order valence-corrected chi connectivity index (χ4v) is 11.9. The number of halogens is 1. The smallest absolute Gasteiger partial charge is 0.286 e. The molecule has 3 aliphatic heterocycles. The van der Waals surface area contributed by atoms with Crippen LogP contribution in [0.4, 0.5) is 5.69 Å². The summed E-state index contributed by atoms with van der Waals surface area (Å²) >= 11 is 6.48. The van der Waals surface area contributed by atoms with Gasteiger partial charge in [0.1, 0.15) is 15.7 Å². The Balaban J connectivity index is 1.09. The second kappa shape index (κ2) is 14.5. The van der Waals surface area contributed by atoms with E-state index in [0.29, 0.717) is 54.8 Å². The average Bonchev–Trinajstić information content (AvgIpc) is 3.73. The number of ether oxygens (including phenoxy) is 2. The van der Waals surface area contributed by atoms with Crippen molar-refractivity contribution in [3.05, 3.63) is 100.0 Å². The number of benzene rings is 2. The Kier molecular flexibility index (Phi) is 9.65. The first-order chi connectivity index (χ1) is 27.0. The first-order valence-electron chi connectivity index (χ1n) is 19.8. The minimum Gasteiger partial charge on any atom is -0.490 e. The highest BCUT2D eigenvalue weighted by molar-refractivity contribution is 7.92. The SMILES string of the molecule is CO[C@H]1/C=C\C[C@H](C)CS(=O)(NC(=O)c2cc3n(c2)CCc2nn(C)cc2-3)=NC(=O)c2ccc3c(c2)N(C[C@@H]2CC[C@H]21)C[C@@]1(CCCc2cc(Cl)ccc21)CO3. The van der Waals surface area contributed by atoms with Crippen molar-refractivity contribution >= 4 is 39.0 Å². The molecule has 2 aromatic carbocycles. The van der Waals surface area contributed by atoms with Gasteiger partial charge >= 0.3 is 0 Å². The molecule has 1 spiro atoms. The number of aromatic nitrogens is 3. The molecule has 4 aromatic rings. The van der Waals surface area contributed by atoms with Gasteiger partial charge in [-0.15, -0.1) is 4.36 Å². The summed E-state index contributed by atoms with van der Waals surface area (Å²) in [7, 11) is 0.0846. The van der Waals surface area contributed by atoms with Gasteiger partial charge in [0, 0.05) is 74.2 Å². The third kappa shape index (κ3) is 6.87. The summed E-state index contributed by atoms with van der Waals surface area (Å²) in [6, 6.07) is 13.4. The fraction of sp³-hybridized carbons (Fsp3) is 0.465. The minimum absolute atomic E-state index is 0.00492. The molecule has 1 saturated carbocycles. The standard InChI is InChI=1S/C43H49ClN6O5S/c1-27-6-4-8-39(54-3)33-12-9-30(33)21-50-25-43(16-5-7-28-18-32(44)11-13-35(28)43)26-55-40-14-10-29(19-38(40)50)41(51)46-56(53,24-27)47-42(52)31-20-37-34-23-48(2)45-36(34)15-17-49(37)22-31/h4,8,10-11,13-14,18-20,22-23,27,30,33,39H,5-7,9,12,15-17,21,24-26H2,1-3H3,(H,46,47,51,52,53)/b8-4-/t27-,30-,33+,39-,43-,56?/m0/s1. The number of carbonyl (C=O) groups excluding carboxylic acids is 2. The molecule has 6 atom stereocenters. The van der Waals surface area contributed by atoms with Crippen LogP contribution in [0.5, 0.6) is 5.75 Å². The van der Waals surface area contributed by atoms with Crippen molar-refractivity contribution in [2.45, 2.75) is 69.9 Å². The quantitative estimate of drug-likeness (QED) is 0.219. The number of anilines is 1. The summed E-state index contributed by atoms with van der Waals surface area (Å²) in [6.45, 7) is 4.65. The Labute approximate surface area is 333 Å². The molecule has 0 saturated heterocycles. The molecule has 2 amide bonds. The van der Waals surface area contributed by atoms with E-state index >= 15 is 0 Å². The summed E-state index contributed by atoms with van der Waals surface area (Å²) in [6.07, 6.45) is 14.4. The van der Waals surface area contributed by atoms with E-state index in [9.17, 15) is 13.8 Å². The lowest BCUT2D eigenvalue weighted by Crippen LogP contribution is -2.49. The van der Waals surface area contributed by atoms with Crippen LogP contribution in [0, 0.1) is 17.8 Å². The number of rotatable bonds is 3. The lowest BCUT2D eigenvalue weighted by molar-refractivity contribution is 0.0131. The molecule has 13 heteroatoms. The normalized spacial score (nSPS) is 29.0. The zero-order valence-electron chi connectivity index (χ0n) is 32.2. The number of amides is 2. The van der Waals surface area contributed by atoms with Gasteiger partial charge < -0.3 is 18.9 Å². The molecule has 1 fully saturated rings. The highest BCUT2D eigenvalue weighted by atomic mass is 35.5. The Morgan fingerprint density at radius 2 is 2.00 bits per heavy atom. The van der Waals surface area contributed by atoms with Crippen LogP contribution in [0.3, 0.4) is 0 Å². The molecule has 294 valence electrons. The zero-order valence-corrected chi connectivity index (χ0v) is 33.8. The second-order valence-corrected chi connectivity index (χ2v) is 19.1. The van der Waals surface area contributed by atoms with Crippen LogP contribution in [0.1, 0.15) is 76.6 Å². The lowest BCUT2D eigenvalue weighted by atomic mass is 9.68. The average molecular weight is 797 g/mol. The number of hydrogen-bond acceptors (Lipinski definition) is 7. The Hall–Kier alpha value is -4.39. The van der Waals surface area contributed by atoms with Crippen LogP contribution in [0.15, 0.2) is 71.4 Å². The molecule has 2 aliphatic carbocycles. The number of nitrogens with zero attached hydrogens (tertiary/aromatic N) is 5. The van der Waals surface area contributed by atoms with Crippen LogP contribution >= 0.6 is 11.6 Å². The summed E-state index contributed by atoms with van der Waals surface area (Å²) in [4.78, 5) is 30.5. The van der Waals surface area contributed by atoms with Crippen molar-refractivity contribution in [1.29, 1.82) is 0 Å². The minimum atomic E-state index is -3.57. The van der Waals surface area contributed by atoms with Crippen LogP contribution in [-0.2, 0) is 46.5 Å². The molecule has 2 aromatic heterocycles. The van der Waals surface area contributed by atoms with Gasteiger partial charge in [-0.3, -0.25) is 19.0 Å². The van der Waals surface area contributed by atoms with Crippen LogP contribution < -0.4 is 14.4 Å². The Bertz CT molecular complexity index is 2380. The van der Waals surface area contributed by atoms with Gasteiger partial charge in [0.15, 0.2) is 0 Å². The second-order valence-electron chi connectivity index (χ2n) is 16.6. The highest BCUT2D eigenvalue weighted by Gasteiger charge is 2.44. The van der Waals surface area contributed by atoms with Crippen LogP contribution in [0.2, 0.25) is 5.02 Å². The summed E-state index contributed by atoms with van der Waals surface area (Å²) in [5.41, 5.74) is 6.59. The van der Waals surface area contributed by atoms with Gasteiger partial charge in [0.05, 0.1) is 41.1 Å². The van der Waals surface area contributed by atoms with Gasteiger partial charge in [0.2, 0.25) is 0 Å². The molecular formula is C43H49ClN6O5S. The summed E-state index contributed by atoms with van der Waals surface area (Å²) in [5, 5.41) is 5.31. The highest BCUT2D eigenvalue weighted by Crippen LogP contribution is 2.47. The van der Waals surface area contributed by atoms with Crippen molar-refractivity contribution in [2.75, 3.05) is 37.5 Å². The van der Waals surface area contributed by atoms with E-state index in [2.05, 4.69) is 43.4 Å². The van der Waals surface area contributed by atoms with Crippen molar-refractivity contribution in [3.8, 4) is 17.0 Å². The summed E-state index contributed by atoms with van der Waals surface area (Å²) < 4.78 is 38.6. The molecule has 1 unspecified atom stereocenters. The first kappa shape index (κ1) is 37.2. The number of hydrogen-bond donors (Lipinski definition) is 1. The topological polar surface area (TPSA) is 120 Å². The van der Waals surface area contributed by atoms with E-state index in [1.807, 2.05) is 42.9 Å². The summed E-state index contributed by atoms with van der Waals surface area (Å²) in [5.74, 6) is 0.101. The number of fused-ring (bicyclic) bond motifs is 7. The molecule has 2 bridgehead atoms. The maximum atomic E-state index is 14.9. The van der Waals surface area contributed by atoms with Gasteiger partial charge in [-0.05, 0) is 104 Å². The number of nitrogens with one attached hydrogen (secondary N) is 1. The van der Waals surface area contributed by atoms with Crippen molar-refractivity contribution in [1.82, 2.24) is 19.1 Å². The van der Waals surface area contributed by atoms with E-state index in [1.165, 1.54) is 11.1 Å². The van der Waals surface area contributed by atoms with Crippen LogP contribution in [-0.4, -0.2) is 69.0 Å². The number of allylic oxidation sites excluding steroid dienone is 1. The van der Waals surface area contributed by atoms with Gasteiger partial charge in [-0.2, -0.15) is 5.10 Å². The van der Waals surface area contributed by atoms with Crippen molar-refractivity contribution in [2.24, 2.45) is 29.2 Å². The number of methoxy groups -OCH3 is 1. The van der Waals surface area contributed by atoms with Gasteiger partial charge in [-0.25, -0.2) is 4.21 Å². The molecule has 1 N–H and O–H groups in total. The Morgan fingerprint density at radius 3 is 2.82 bits per heavy atom. The van der Waals surface area contributed by atoms with Crippen molar-refractivity contribution < 1.29 is 23.3 Å². The molecule has 11 nitrogen and oxygen atoms in total. The third-order valence-corrected chi connectivity index (χ3v) is 14.9. The molecular weight excluding hydrogens is 748 g/mol. The van der Waals surface area contributed by atoms with E-state index in [4.69, 9.17) is 21.1 Å². The van der Waals surface area contributed by atoms with Gasteiger partial charge in [0.25, 0.3) is 11.8 Å². The van der Waals surface area contributed by atoms with E-state index in [1.54, 1.807) is 30.1 Å². The zero-order chi connectivity index (χ0) is 38.8. The fourth-order valence-electron chi connectivity index (χ4n) is 9.78. The van der Waals surface area contributed by atoms with E-state index in [0.717, 1.165) is 72.7 Å². The predicted molar refractivity (Wildman–Crippen MR) is 218 cm³/mol. The molecule has 5 aliphatic rings. The van der Waals surface area contributed by atoms with Gasteiger partial charge in [-0.1, -0.05) is 36.7 Å². The number of carbonyl (C=O) groups is 2. The Morgan fingerprint density at radius 1 is 1.12 bits per heavy atom. The molecule has 5 heterocycles. The first-order valence-corrected chi connectivity index (χ1v) is 21.9. The molecule has 0 radical (unpaired) electrons. The van der Waals surface area contributed by atoms with Crippen molar-refractivity contribution in [3.63, 3.8) is 0 Å². The number of aryl methyl sites for hydroxylation is 4. The lowest BCUT2D eigenvalue weighted by Gasteiger charge is -2.46. The predicted octanol–water partition coefficient (Wildman–Crippen LogP) is 7.16. The molecule has 9 rings (SSSR count). The maximum Gasteiger partial charge on any atom is 0.286 e. The van der Waals surface area contributed by atoms with Crippen LogP contribution in [0.25, 0.3) is 11.3 Å². The third-order valence-electron chi connectivity index (χ3n) is 12.7. The molecule has 56 heavy (non-hydrogen) atoms. The maximum absolute atomic E-state index is 14.9. The van der Waals surface area contributed by atoms with E-state index in [-0.39, 0.29) is 23.2 Å². The van der Waals surface area contributed by atoms with E-state index < -0.39 is 21.7 Å². The monoisotopic (exact) mass is 796 g/mol. The largest absolute Gasteiger partial charge is 0.490 e.